The Morgan fingerprint density at radius 1 is 1.53 bits per heavy atom. The van der Waals surface area contributed by atoms with Crippen LogP contribution in [0, 0.1) is 12.8 Å². The molecule has 1 N–H and O–H groups in total. The molecule has 3 nitrogen and oxygen atoms in total. The van der Waals surface area contributed by atoms with Crippen molar-refractivity contribution in [2.75, 3.05) is 18.5 Å². The summed E-state index contributed by atoms with van der Waals surface area (Å²) in [6, 6.07) is 0. The number of hydrogen-bond acceptors (Lipinski definition) is 2. The molecule has 0 saturated carbocycles. The van der Waals surface area contributed by atoms with Crippen LogP contribution in [0.25, 0.3) is 0 Å². The first-order chi connectivity index (χ1) is 7.13. The molecule has 0 unspecified atom stereocenters. The molecule has 0 radical (unpaired) electrons. The van der Waals surface area contributed by atoms with Crippen LogP contribution in [0.3, 0.4) is 0 Å². The van der Waals surface area contributed by atoms with Gasteiger partial charge in [0.25, 0.3) is 0 Å². The molecule has 0 atom stereocenters. The number of nitrogens with one attached hydrogen (secondary N) is 1. The van der Waals surface area contributed by atoms with E-state index in [1.807, 2.05) is 13.1 Å². The van der Waals surface area contributed by atoms with Crippen LogP contribution < -0.4 is 5.32 Å². The third-order valence-corrected chi connectivity index (χ3v) is 2.30. The Hall–Kier alpha value is -1.06. The third kappa shape index (κ3) is 3.90. The van der Waals surface area contributed by atoms with Crippen LogP contribution >= 0.6 is 0 Å². The summed E-state index contributed by atoms with van der Waals surface area (Å²) < 4.78 is 13.7. The summed E-state index contributed by atoms with van der Waals surface area (Å²) in [5.74, 6) is 0.693. The van der Waals surface area contributed by atoms with E-state index in [0.717, 1.165) is 24.3 Å². The molecule has 0 fully saturated rings. The van der Waals surface area contributed by atoms with E-state index in [1.165, 1.54) is 0 Å². The van der Waals surface area contributed by atoms with Crippen LogP contribution in [0.4, 0.5) is 10.1 Å². The molecular weight excluding hydrogens is 193 g/mol. The second-order valence-corrected chi connectivity index (χ2v) is 4.19. The molecule has 86 valence electrons. The summed E-state index contributed by atoms with van der Waals surface area (Å²) in [4.78, 5) is 0. The predicted octanol–water partition coefficient (Wildman–Crippen LogP) is 2.62. The zero-order valence-corrected chi connectivity index (χ0v) is 9.76. The van der Waals surface area contributed by atoms with E-state index in [1.54, 1.807) is 4.68 Å². The van der Waals surface area contributed by atoms with Gasteiger partial charge >= 0.3 is 0 Å². The van der Waals surface area contributed by atoms with Gasteiger partial charge in [0.1, 0.15) is 6.67 Å². The highest BCUT2D eigenvalue weighted by atomic mass is 19.1. The Labute approximate surface area is 90.7 Å². The molecule has 0 aliphatic rings. The molecular formula is C11H20FN3. The lowest BCUT2D eigenvalue weighted by atomic mass is 10.1. The number of aromatic nitrogens is 2. The third-order valence-electron chi connectivity index (χ3n) is 2.30. The van der Waals surface area contributed by atoms with E-state index in [-0.39, 0.29) is 6.67 Å². The minimum Gasteiger partial charge on any atom is -0.382 e. The van der Waals surface area contributed by atoms with Crippen molar-refractivity contribution in [1.82, 2.24) is 9.78 Å². The molecule has 0 aliphatic heterocycles. The van der Waals surface area contributed by atoms with Crippen molar-refractivity contribution in [3.8, 4) is 0 Å². The lowest BCUT2D eigenvalue weighted by Gasteiger charge is -2.06. The highest BCUT2D eigenvalue weighted by Gasteiger charge is 2.04. The maximum absolute atomic E-state index is 12.1. The van der Waals surface area contributed by atoms with Gasteiger partial charge in [0.05, 0.1) is 17.9 Å². The van der Waals surface area contributed by atoms with Gasteiger partial charge in [-0.1, -0.05) is 13.8 Å². The minimum atomic E-state index is -0.368. The maximum Gasteiger partial charge on any atom is 0.109 e. The fraction of sp³-hybridized carbons (Fsp3) is 0.727. The number of alkyl halides is 1. The average molecular weight is 213 g/mol. The van der Waals surface area contributed by atoms with Gasteiger partial charge in [-0.05, 0) is 19.3 Å². The summed E-state index contributed by atoms with van der Waals surface area (Å²) in [6.07, 6.45) is 3.00. The predicted molar refractivity (Wildman–Crippen MR) is 60.9 cm³/mol. The van der Waals surface area contributed by atoms with Gasteiger partial charge in [0, 0.05) is 12.7 Å². The number of halogens is 1. The highest BCUT2D eigenvalue weighted by molar-refractivity contribution is 5.45. The van der Waals surface area contributed by atoms with Crippen molar-refractivity contribution in [1.29, 1.82) is 0 Å². The lowest BCUT2D eigenvalue weighted by molar-refractivity contribution is 0.426. The summed E-state index contributed by atoms with van der Waals surface area (Å²) in [5, 5.41) is 7.53. The van der Waals surface area contributed by atoms with Gasteiger partial charge in [0.2, 0.25) is 0 Å². The molecule has 4 heteroatoms. The molecule has 0 saturated heterocycles. The van der Waals surface area contributed by atoms with Crippen LogP contribution in [0.1, 0.15) is 26.0 Å². The molecule has 0 aliphatic carbocycles. The number of hydrogen-bond donors (Lipinski definition) is 1. The van der Waals surface area contributed by atoms with Crippen molar-refractivity contribution in [3.63, 3.8) is 0 Å². The topological polar surface area (TPSA) is 29.9 Å². The normalized spacial score (nSPS) is 11.0. The number of aryl methyl sites for hydroxylation is 2. The van der Waals surface area contributed by atoms with Crippen molar-refractivity contribution in [3.05, 3.63) is 11.9 Å². The van der Waals surface area contributed by atoms with E-state index in [2.05, 4.69) is 24.3 Å². The number of nitrogens with zero attached hydrogens (tertiary/aromatic N) is 2. The van der Waals surface area contributed by atoms with Gasteiger partial charge in [0.15, 0.2) is 0 Å². The van der Waals surface area contributed by atoms with Crippen LogP contribution in [0.5, 0.6) is 0 Å². The molecule has 0 bridgehead atoms. The van der Waals surface area contributed by atoms with E-state index in [4.69, 9.17) is 0 Å². The molecule has 1 rings (SSSR count). The fourth-order valence-electron chi connectivity index (χ4n) is 1.39. The van der Waals surface area contributed by atoms with Crippen LogP contribution in [0.15, 0.2) is 6.20 Å². The molecule has 0 amide bonds. The van der Waals surface area contributed by atoms with Gasteiger partial charge < -0.3 is 5.32 Å². The average Bonchev–Trinajstić information content (AvgIpc) is 2.47. The Kier molecular flexibility index (Phi) is 4.59. The molecule has 0 aromatic carbocycles. The quantitative estimate of drug-likeness (QED) is 0.787. The van der Waals surface area contributed by atoms with Crippen molar-refractivity contribution in [2.45, 2.75) is 33.7 Å². The lowest BCUT2D eigenvalue weighted by Crippen LogP contribution is -2.04. The molecule has 15 heavy (non-hydrogen) atoms. The Morgan fingerprint density at radius 2 is 2.27 bits per heavy atom. The van der Waals surface area contributed by atoms with Gasteiger partial charge in [-0.15, -0.1) is 0 Å². The molecule has 1 aromatic heterocycles. The minimum absolute atomic E-state index is 0.340. The summed E-state index contributed by atoms with van der Waals surface area (Å²) >= 11 is 0. The molecule has 1 heterocycles. The number of rotatable bonds is 6. The highest BCUT2D eigenvalue weighted by Crippen LogP contribution is 2.12. The first-order valence-electron chi connectivity index (χ1n) is 5.47. The largest absolute Gasteiger partial charge is 0.382 e. The van der Waals surface area contributed by atoms with E-state index in [9.17, 15) is 4.39 Å². The van der Waals surface area contributed by atoms with Gasteiger partial charge in [-0.25, -0.2) is 4.39 Å². The Balaban J connectivity index is 2.46. The standard InChI is InChI=1S/C11H20FN3/c1-9(2)4-6-13-11-8-15(7-5-12)14-10(11)3/h8-9,13H,4-7H2,1-3H3. The Morgan fingerprint density at radius 3 is 2.87 bits per heavy atom. The molecule has 0 spiro atoms. The summed E-state index contributed by atoms with van der Waals surface area (Å²) in [5.41, 5.74) is 1.95. The zero-order chi connectivity index (χ0) is 11.3. The first-order valence-corrected chi connectivity index (χ1v) is 5.47. The van der Waals surface area contributed by atoms with E-state index >= 15 is 0 Å². The maximum atomic E-state index is 12.1. The fourth-order valence-corrected chi connectivity index (χ4v) is 1.39. The summed E-state index contributed by atoms with van der Waals surface area (Å²) in [6.45, 7) is 7.24. The monoisotopic (exact) mass is 213 g/mol. The van der Waals surface area contributed by atoms with Gasteiger partial charge in [-0.2, -0.15) is 5.10 Å². The zero-order valence-electron chi connectivity index (χ0n) is 9.76. The number of anilines is 1. The van der Waals surface area contributed by atoms with Crippen LogP contribution in [-0.4, -0.2) is 23.0 Å². The van der Waals surface area contributed by atoms with Crippen molar-refractivity contribution < 1.29 is 4.39 Å². The smallest absolute Gasteiger partial charge is 0.109 e. The second-order valence-electron chi connectivity index (χ2n) is 4.19. The van der Waals surface area contributed by atoms with Crippen LogP contribution in [0.2, 0.25) is 0 Å². The SMILES string of the molecule is Cc1nn(CCF)cc1NCCC(C)C. The first kappa shape index (κ1) is 12.0. The second kappa shape index (κ2) is 5.73. The molecule has 1 aromatic rings. The van der Waals surface area contributed by atoms with E-state index in [0.29, 0.717) is 12.5 Å². The van der Waals surface area contributed by atoms with Crippen molar-refractivity contribution in [2.24, 2.45) is 5.92 Å². The van der Waals surface area contributed by atoms with Gasteiger partial charge in [-0.3, -0.25) is 4.68 Å². The Bertz CT molecular complexity index is 294. The summed E-state index contributed by atoms with van der Waals surface area (Å²) in [7, 11) is 0. The van der Waals surface area contributed by atoms with Crippen LogP contribution in [-0.2, 0) is 6.54 Å². The van der Waals surface area contributed by atoms with Crippen molar-refractivity contribution >= 4 is 5.69 Å². The van der Waals surface area contributed by atoms with E-state index < -0.39 is 0 Å².